The highest BCUT2D eigenvalue weighted by atomic mass is 16.2. The molecule has 0 saturated heterocycles. The van der Waals surface area contributed by atoms with E-state index in [2.05, 4.69) is 10.6 Å². The van der Waals surface area contributed by atoms with Gasteiger partial charge in [-0.3, -0.25) is 10.1 Å². The van der Waals surface area contributed by atoms with Crippen molar-refractivity contribution in [1.82, 2.24) is 10.6 Å². The van der Waals surface area contributed by atoms with Crippen LogP contribution in [0.15, 0.2) is 18.2 Å². The van der Waals surface area contributed by atoms with Gasteiger partial charge in [0.2, 0.25) is 5.91 Å². The lowest BCUT2D eigenvalue weighted by Crippen LogP contribution is -2.47. The smallest absolute Gasteiger partial charge is 0.321 e. The molecule has 0 aliphatic carbocycles. The maximum Gasteiger partial charge on any atom is 0.321 e. The number of amides is 3. The van der Waals surface area contributed by atoms with E-state index in [0.29, 0.717) is 0 Å². The van der Waals surface area contributed by atoms with Crippen molar-refractivity contribution in [3.63, 3.8) is 0 Å². The van der Waals surface area contributed by atoms with Gasteiger partial charge in [0.25, 0.3) is 0 Å². The Hall–Kier alpha value is -2.24. The summed E-state index contributed by atoms with van der Waals surface area (Å²) in [5.74, 6) is -0.308. The predicted octanol–water partition coefficient (Wildman–Crippen LogP) is 1.26. The van der Waals surface area contributed by atoms with Gasteiger partial charge in [0.15, 0.2) is 0 Å². The summed E-state index contributed by atoms with van der Waals surface area (Å²) < 4.78 is 0. The van der Waals surface area contributed by atoms with Crippen LogP contribution in [0, 0.1) is 0 Å². The number of carbonyl (C=O) groups excluding carboxylic acids is 2. The molecule has 1 aromatic rings. The van der Waals surface area contributed by atoms with E-state index in [1.807, 2.05) is 36.9 Å². The summed E-state index contributed by atoms with van der Waals surface area (Å²) in [5.41, 5.74) is 8.70. The third-order valence-electron chi connectivity index (χ3n) is 3.33. The van der Waals surface area contributed by atoms with Crippen molar-refractivity contribution >= 4 is 23.3 Å². The molecule has 1 aliphatic heterocycles. The predicted molar refractivity (Wildman–Crippen MR) is 83.2 cm³/mol. The number of nitrogen functional groups attached to an aromatic ring is 1. The summed E-state index contributed by atoms with van der Waals surface area (Å²) in [4.78, 5) is 25.4. The zero-order valence-corrected chi connectivity index (χ0v) is 12.5. The van der Waals surface area contributed by atoms with Crippen LogP contribution in [0.5, 0.6) is 0 Å². The van der Waals surface area contributed by atoms with E-state index in [-0.39, 0.29) is 18.5 Å². The number of hydrogen-bond acceptors (Lipinski definition) is 4. The van der Waals surface area contributed by atoms with Crippen molar-refractivity contribution in [1.29, 1.82) is 0 Å². The molecule has 1 aliphatic rings. The van der Waals surface area contributed by atoms with Gasteiger partial charge in [-0.25, -0.2) is 4.79 Å². The van der Waals surface area contributed by atoms with Crippen LogP contribution < -0.4 is 21.3 Å². The molecule has 0 atom stereocenters. The van der Waals surface area contributed by atoms with Crippen molar-refractivity contribution < 1.29 is 9.59 Å². The minimum atomic E-state index is -0.454. The molecule has 0 bridgehead atoms. The van der Waals surface area contributed by atoms with Crippen LogP contribution in [0.4, 0.5) is 16.2 Å². The molecular weight excluding hydrogens is 268 g/mol. The van der Waals surface area contributed by atoms with Gasteiger partial charge in [0, 0.05) is 24.0 Å². The van der Waals surface area contributed by atoms with Crippen molar-refractivity contribution in [3.05, 3.63) is 23.8 Å². The summed E-state index contributed by atoms with van der Waals surface area (Å²) >= 11 is 0. The van der Waals surface area contributed by atoms with E-state index in [4.69, 9.17) is 5.73 Å². The maximum absolute atomic E-state index is 11.9. The molecule has 114 valence electrons. The Morgan fingerprint density at radius 3 is 2.86 bits per heavy atom. The fourth-order valence-corrected chi connectivity index (χ4v) is 2.50. The maximum atomic E-state index is 11.9. The Morgan fingerprint density at radius 1 is 1.38 bits per heavy atom. The van der Waals surface area contributed by atoms with Crippen LogP contribution in [-0.2, 0) is 11.2 Å². The van der Waals surface area contributed by atoms with E-state index in [1.165, 1.54) is 0 Å². The number of nitrogens with two attached hydrogens (primary N) is 1. The van der Waals surface area contributed by atoms with E-state index in [0.717, 1.165) is 36.3 Å². The lowest BCUT2D eigenvalue weighted by Gasteiger charge is -2.30. The summed E-state index contributed by atoms with van der Waals surface area (Å²) in [5, 5.41) is 4.98. The van der Waals surface area contributed by atoms with Crippen molar-refractivity contribution in [2.75, 3.05) is 23.7 Å². The first-order valence-electron chi connectivity index (χ1n) is 7.19. The number of nitrogens with zero attached hydrogens (tertiary/aromatic N) is 1. The molecule has 4 N–H and O–H groups in total. The first kappa shape index (κ1) is 15.2. The number of imide groups is 1. The number of nitrogens with one attached hydrogen (secondary N) is 2. The normalized spacial score (nSPS) is 13.8. The Labute approximate surface area is 124 Å². The number of carbonyl (C=O) groups is 2. The molecular formula is C15H22N4O2. The zero-order valence-electron chi connectivity index (χ0n) is 12.5. The molecule has 6 nitrogen and oxygen atoms in total. The average Bonchev–Trinajstić information content (AvgIpc) is 2.37. The lowest BCUT2D eigenvalue weighted by molar-refractivity contribution is -0.118. The van der Waals surface area contributed by atoms with Crippen molar-refractivity contribution in [2.45, 2.75) is 32.7 Å². The summed E-state index contributed by atoms with van der Waals surface area (Å²) in [6.45, 7) is 4.66. The third-order valence-corrected chi connectivity index (χ3v) is 3.33. The Kier molecular flexibility index (Phi) is 4.67. The number of anilines is 2. The zero-order chi connectivity index (χ0) is 15.4. The average molecular weight is 290 g/mol. The number of rotatable bonds is 3. The number of aryl methyl sites for hydroxylation is 1. The number of hydrogen-bond donors (Lipinski definition) is 3. The molecule has 3 amide bonds. The second-order valence-corrected chi connectivity index (χ2v) is 5.59. The van der Waals surface area contributed by atoms with Crippen LogP contribution in [0.1, 0.15) is 25.8 Å². The van der Waals surface area contributed by atoms with Gasteiger partial charge in [0.05, 0.1) is 6.54 Å². The van der Waals surface area contributed by atoms with E-state index in [9.17, 15) is 9.59 Å². The summed E-state index contributed by atoms with van der Waals surface area (Å²) in [7, 11) is 0. The largest absolute Gasteiger partial charge is 0.399 e. The van der Waals surface area contributed by atoms with Crippen molar-refractivity contribution in [2.24, 2.45) is 0 Å². The number of fused-ring (bicyclic) bond motifs is 1. The van der Waals surface area contributed by atoms with Gasteiger partial charge in [-0.05, 0) is 50.5 Å². The molecule has 0 aromatic heterocycles. The molecule has 0 fully saturated rings. The SMILES string of the molecule is CC(C)NC(=O)NC(=O)CN1CCCc2cc(N)ccc21. The van der Waals surface area contributed by atoms with Gasteiger partial charge in [0.1, 0.15) is 0 Å². The lowest BCUT2D eigenvalue weighted by atomic mass is 10.0. The van der Waals surface area contributed by atoms with E-state index < -0.39 is 6.03 Å². The van der Waals surface area contributed by atoms with Gasteiger partial charge in [-0.15, -0.1) is 0 Å². The molecule has 0 spiro atoms. The second-order valence-electron chi connectivity index (χ2n) is 5.59. The molecule has 2 rings (SSSR count). The van der Waals surface area contributed by atoms with Gasteiger partial charge in [-0.2, -0.15) is 0 Å². The van der Waals surface area contributed by atoms with Gasteiger partial charge < -0.3 is 16.0 Å². The first-order valence-corrected chi connectivity index (χ1v) is 7.19. The Morgan fingerprint density at radius 2 is 2.14 bits per heavy atom. The minimum Gasteiger partial charge on any atom is -0.399 e. The standard InChI is InChI=1S/C15H22N4O2/c1-10(2)17-15(21)18-14(20)9-19-7-3-4-11-8-12(16)5-6-13(11)19/h5-6,8,10H,3-4,7,9,16H2,1-2H3,(H2,17,18,20,21). The highest BCUT2D eigenvalue weighted by Gasteiger charge is 2.20. The summed E-state index contributed by atoms with van der Waals surface area (Å²) in [6, 6.07) is 5.26. The van der Waals surface area contributed by atoms with Crippen LogP contribution in [0.25, 0.3) is 0 Å². The fraction of sp³-hybridized carbons (Fsp3) is 0.467. The van der Waals surface area contributed by atoms with Crippen LogP contribution >= 0.6 is 0 Å². The molecule has 1 heterocycles. The quantitative estimate of drug-likeness (QED) is 0.731. The molecule has 6 heteroatoms. The first-order chi connectivity index (χ1) is 9.95. The van der Waals surface area contributed by atoms with E-state index in [1.54, 1.807) is 0 Å². The minimum absolute atomic E-state index is 0.00325. The fourth-order valence-electron chi connectivity index (χ4n) is 2.50. The number of benzene rings is 1. The van der Waals surface area contributed by atoms with Crippen LogP contribution in [0.3, 0.4) is 0 Å². The molecule has 0 radical (unpaired) electrons. The molecule has 21 heavy (non-hydrogen) atoms. The van der Waals surface area contributed by atoms with E-state index >= 15 is 0 Å². The third kappa shape index (κ3) is 4.11. The van der Waals surface area contributed by atoms with Crippen LogP contribution in [0.2, 0.25) is 0 Å². The Balaban J connectivity index is 1.98. The molecule has 0 saturated carbocycles. The topological polar surface area (TPSA) is 87.5 Å². The molecule has 1 aromatic carbocycles. The molecule has 0 unspecified atom stereocenters. The van der Waals surface area contributed by atoms with Gasteiger partial charge >= 0.3 is 6.03 Å². The highest BCUT2D eigenvalue weighted by molar-refractivity contribution is 5.96. The van der Waals surface area contributed by atoms with Crippen molar-refractivity contribution in [3.8, 4) is 0 Å². The van der Waals surface area contributed by atoms with Crippen LogP contribution in [-0.4, -0.2) is 31.1 Å². The van der Waals surface area contributed by atoms with Gasteiger partial charge in [-0.1, -0.05) is 0 Å². The highest BCUT2D eigenvalue weighted by Crippen LogP contribution is 2.28. The monoisotopic (exact) mass is 290 g/mol. The number of urea groups is 1. The summed E-state index contributed by atoms with van der Waals surface area (Å²) in [6.07, 6.45) is 1.94. The second kappa shape index (κ2) is 6.47. The Bertz CT molecular complexity index is 542.